The summed E-state index contributed by atoms with van der Waals surface area (Å²) in [5.74, 6) is 0.633. The maximum atomic E-state index is 8.72. The van der Waals surface area contributed by atoms with E-state index in [1.54, 1.807) is 0 Å². The van der Waals surface area contributed by atoms with Crippen LogP contribution in [0.3, 0.4) is 0 Å². The monoisotopic (exact) mass is 229 g/mol. The Kier molecular flexibility index (Phi) is 4.13. The maximum Gasteiger partial charge on any atom is 0.0991 e. The molecule has 0 bridgehead atoms. The van der Waals surface area contributed by atoms with Gasteiger partial charge >= 0.3 is 0 Å². The molecule has 0 heterocycles. The molecule has 1 aliphatic carbocycles. The summed E-state index contributed by atoms with van der Waals surface area (Å²) < 4.78 is 0. The molecule has 3 heteroatoms. The lowest BCUT2D eigenvalue weighted by molar-refractivity contribution is 0.406. The van der Waals surface area contributed by atoms with Crippen LogP contribution in [0.4, 0.5) is 0 Å². The first-order chi connectivity index (χ1) is 8.33. The van der Waals surface area contributed by atoms with Crippen molar-refractivity contribution in [2.45, 2.75) is 31.8 Å². The van der Waals surface area contributed by atoms with Gasteiger partial charge in [-0.1, -0.05) is 18.6 Å². The van der Waals surface area contributed by atoms with E-state index in [0.717, 1.165) is 18.7 Å². The number of nitrogens with zero attached hydrogens (tertiary/aromatic N) is 1. The van der Waals surface area contributed by atoms with Crippen molar-refractivity contribution in [1.82, 2.24) is 5.32 Å². The Morgan fingerprint density at radius 2 is 2.06 bits per heavy atom. The van der Waals surface area contributed by atoms with E-state index in [1.165, 1.54) is 24.8 Å². The van der Waals surface area contributed by atoms with Gasteiger partial charge in [0.15, 0.2) is 0 Å². The number of rotatable bonds is 4. The normalized spacial score (nSPS) is 23.5. The van der Waals surface area contributed by atoms with Gasteiger partial charge in [-0.05, 0) is 43.0 Å². The first kappa shape index (κ1) is 12.1. The number of nitrogens with two attached hydrogens (primary N) is 1. The molecule has 2 atom stereocenters. The third-order valence-electron chi connectivity index (χ3n) is 3.61. The van der Waals surface area contributed by atoms with Gasteiger partial charge in [0.1, 0.15) is 0 Å². The summed E-state index contributed by atoms with van der Waals surface area (Å²) in [6, 6.07) is 10.5. The second-order valence-electron chi connectivity index (χ2n) is 4.72. The van der Waals surface area contributed by atoms with Crippen LogP contribution in [0.15, 0.2) is 24.3 Å². The lowest BCUT2D eigenvalue weighted by atomic mass is 10.0. The summed E-state index contributed by atoms with van der Waals surface area (Å²) in [7, 11) is 0. The summed E-state index contributed by atoms with van der Waals surface area (Å²) in [6.07, 6.45) is 3.77. The van der Waals surface area contributed by atoms with Crippen molar-refractivity contribution < 1.29 is 0 Å². The molecule has 3 nitrogen and oxygen atoms in total. The van der Waals surface area contributed by atoms with Crippen LogP contribution in [0.25, 0.3) is 0 Å². The quantitative estimate of drug-likeness (QED) is 0.827. The zero-order valence-corrected chi connectivity index (χ0v) is 10.0. The standard InChI is InChI=1S/C14H19N3/c15-8-11-4-6-12(7-5-11)10-17-14-3-1-2-13(14)9-16/h4-7,13-14,17H,1-3,9-10,16H2. The van der Waals surface area contributed by atoms with Crippen LogP contribution in [0.5, 0.6) is 0 Å². The van der Waals surface area contributed by atoms with Crippen molar-refractivity contribution in [3.63, 3.8) is 0 Å². The van der Waals surface area contributed by atoms with Gasteiger partial charge in [-0.15, -0.1) is 0 Å². The number of benzene rings is 1. The van der Waals surface area contributed by atoms with E-state index in [-0.39, 0.29) is 0 Å². The van der Waals surface area contributed by atoms with Crippen molar-refractivity contribution in [3.8, 4) is 6.07 Å². The van der Waals surface area contributed by atoms with E-state index in [9.17, 15) is 0 Å². The smallest absolute Gasteiger partial charge is 0.0991 e. The Balaban J connectivity index is 1.87. The predicted octanol–water partition coefficient (Wildman–Crippen LogP) is 1.78. The molecule has 17 heavy (non-hydrogen) atoms. The fraction of sp³-hybridized carbons (Fsp3) is 0.500. The molecular formula is C14H19N3. The third-order valence-corrected chi connectivity index (χ3v) is 3.61. The molecule has 2 unspecified atom stereocenters. The minimum absolute atomic E-state index is 0.565. The summed E-state index contributed by atoms with van der Waals surface area (Å²) in [5, 5.41) is 12.3. The maximum absolute atomic E-state index is 8.72. The van der Waals surface area contributed by atoms with Crippen molar-refractivity contribution in [3.05, 3.63) is 35.4 Å². The van der Waals surface area contributed by atoms with E-state index < -0.39 is 0 Å². The third kappa shape index (κ3) is 3.06. The minimum atomic E-state index is 0.565. The van der Waals surface area contributed by atoms with Crippen LogP contribution < -0.4 is 11.1 Å². The van der Waals surface area contributed by atoms with Crippen LogP contribution in [0.1, 0.15) is 30.4 Å². The van der Waals surface area contributed by atoms with Gasteiger partial charge in [-0.2, -0.15) is 5.26 Å². The van der Waals surface area contributed by atoms with Gasteiger partial charge in [0.05, 0.1) is 11.6 Å². The average molecular weight is 229 g/mol. The molecule has 1 aromatic rings. The Bertz CT molecular complexity index is 391. The van der Waals surface area contributed by atoms with Crippen molar-refractivity contribution in [2.75, 3.05) is 6.54 Å². The van der Waals surface area contributed by atoms with Gasteiger partial charge in [-0.3, -0.25) is 0 Å². The van der Waals surface area contributed by atoms with Crippen LogP contribution in [-0.2, 0) is 6.54 Å². The first-order valence-corrected chi connectivity index (χ1v) is 6.26. The molecule has 0 saturated heterocycles. The van der Waals surface area contributed by atoms with Crippen molar-refractivity contribution >= 4 is 0 Å². The zero-order valence-electron chi connectivity index (χ0n) is 10.0. The second-order valence-corrected chi connectivity index (χ2v) is 4.72. The fourth-order valence-corrected chi connectivity index (χ4v) is 2.53. The number of hydrogen-bond acceptors (Lipinski definition) is 3. The lowest BCUT2D eigenvalue weighted by Gasteiger charge is -2.19. The van der Waals surface area contributed by atoms with E-state index >= 15 is 0 Å². The van der Waals surface area contributed by atoms with E-state index in [0.29, 0.717) is 12.0 Å². The molecule has 1 aliphatic rings. The highest BCUT2D eigenvalue weighted by Crippen LogP contribution is 2.24. The van der Waals surface area contributed by atoms with Gasteiger partial charge in [0, 0.05) is 12.6 Å². The number of hydrogen-bond donors (Lipinski definition) is 2. The fourth-order valence-electron chi connectivity index (χ4n) is 2.53. The topological polar surface area (TPSA) is 61.8 Å². The molecule has 1 fully saturated rings. The Morgan fingerprint density at radius 3 is 2.71 bits per heavy atom. The van der Waals surface area contributed by atoms with E-state index in [1.807, 2.05) is 24.3 Å². The zero-order chi connectivity index (χ0) is 12.1. The van der Waals surface area contributed by atoms with E-state index in [2.05, 4.69) is 11.4 Å². The lowest BCUT2D eigenvalue weighted by Crippen LogP contribution is -2.35. The van der Waals surface area contributed by atoms with Gasteiger partial charge in [0.2, 0.25) is 0 Å². The Hall–Kier alpha value is -1.37. The van der Waals surface area contributed by atoms with Gasteiger partial charge in [-0.25, -0.2) is 0 Å². The van der Waals surface area contributed by atoms with Crippen molar-refractivity contribution in [1.29, 1.82) is 5.26 Å². The predicted molar refractivity (Wildman–Crippen MR) is 68.2 cm³/mol. The number of nitriles is 1. The SMILES string of the molecule is N#Cc1ccc(CNC2CCCC2CN)cc1. The molecule has 0 radical (unpaired) electrons. The van der Waals surface area contributed by atoms with Gasteiger partial charge < -0.3 is 11.1 Å². The minimum Gasteiger partial charge on any atom is -0.330 e. The average Bonchev–Trinajstić information content (AvgIpc) is 2.84. The summed E-state index contributed by atoms with van der Waals surface area (Å²) >= 11 is 0. The molecule has 0 aromatic heterocycles. The van der Waals surface area contributed by atoms with Crippen LogP contribution in [-0.4, -0.2) is 12.6 Å². The molecule has 0 spiro atoms. The molecule has 1 saturated carbocycles. The molecule has 1 aromatic carbocycles. The van der Waals surface area contributed by atoms with Crippen molar-refractivity contribution in [2.24, 2.45) is 11.7 Å². The van der Waals surface area contributed by atoms with Crippen LogP contribution in [0.2, 0.25) is 0 Å². The Labute approximate surface area is 103 Å². The molecule has 0 aliphatic heterocycles. The summed E-state index contributed by atoms with van der Waals surface area (Å²) in [6.45, 7) is 1.65. The molecular weight excluding hydrogens is 210 g/mol. The molecule has 0 amide bonds. The first-order valence-electron chi connectivity index (χ1n) is 6.26. The largest absolute Gasteiger partial charge is 0.330 e. The van der Waals surface area contributed by atoms with E-state index in [4.69, 9.17) is 11.0 Å². The highest BCUT2D eigenvalue weighted by atomic mass is 14.9. The molecule has 3 N–H and O–H groups in total. The van der Waals surface area contributed by atoms with Crippen LogP contribution >= 0.6 is 0 Å². The highest BCUT2D eigenvalue weighted by molar-refractivity contribution is 5.31. The van der Waals surface area contributed by atoms with Crippen LogP contribution in [0, 0.1) is 17.2 Å². The Morgan fingerprint density at radius 1 is 1.29 bits per heavy atom. The number of nitrogens with one attached hydrogen (secondary N) is 1. The second kappa shape index (κ2) is 5.81. The molecule has 90 valence electrons. The highest BCUT2D eigenvalue weighted by Gasteiger charge is 2.25. The van der Waals surface area contributed by atoms with Gasteiger partial charge in [0.25, 0.3) is 0 Å². The summed E-state index contributed by atoms with van der Waals surface area (Å²) in [4.78, 5) is 0. The molecule has 2 rings (SSSR count). The summed E-state index contributed by atoms with van der Waals surface area (Å²) in [5.41, 5.74) is 7.70.